The summed E-state index contributed by atoms with van der Waals surface area (Å²) in [6.07, 6.45) is -0.565. The Balaban J connectivity index is 1.89. The van der Waals surface area contributed by atoms with Crippen molar-refractivity contribution in [3.8, 4) is 0 Å². The summed E-state index contributed by atoms with van der Waals surface area (Å²) in [6, 6.07) is 3.59. The smallest absolute Gasteiger partial charge is 0.262 e. The number of hydrogen-bond acceptors (Lipinski definition) is 3. The third kappa shape index (κ3) is 4.76. The Morgan fingerprint density at radius 1 is 1.39 bits per heavy atom. The van der Waals surface area contributed by atoms with Crippen molar-refractivity contribution in [3.63, 3.8) is 0 Å². The maximum absolute atomic E-state index is 13.1. The van der Waals surface area contributed by atoms with E-state index in [1.54, 1.807) is 6.07 Å². The number of benzene rings is 1. The largest absolute Gasteiger partial charge is 0.335 e. The average molecular weight is 366 g/mol. The van der Waals surface area contributed by atoms with Gasteiger partial charge in [0.1, 0.15) is 0 Å². The molecule has 2 amide bonds. The van der Waals surface area contributed by atoms with Crippen LogP contribution in [0.1, 0.15) is 6.42 Å². The number of carbonyl (C=O) groups excluding carboxylic acids is 2. The zero-order valence-electron chi connectivity index (χ0n) is 12.2. The van der Waals surface area contributed by atoms with Crippen molar-refractivity contribution in [2.45, 2.75) is 18.4 Å². The SMILES string of the molecule is CN(CC(=O)Nc1ccc(Cl)c(Cl)c1)C(=O)C1CC(F)(F)CN1. The summed E-state index contributed by atoms with van der Waals surface area (Å²) in [5.41, 5.74) is 0.427. The fourth-order valence-corrected chi connectivity index (χ4v) is 2.52. The third-order valence-electron chi connectivity index (χ3n) is 3.37. The molecule has 1 aromatic rings. The lowest BCUT2D eigenvalue weighted by molar-refractivity contribution is -0.135. The molecule has 1 aliphatic rings. The minimum atomic E-state index is -2.90. The van der Waals surface area contributed by atoms with Gasteiger partial charge >= 0.3 is 0 Å². The number of carbonyl (C=O) groups is 2. The quantitative estimate of drug-likeness (QED) is 0.860. The molecule has 126 valence electrons. The van der Waals surface area contributed by atoms with Gasteiger partial charge in [0.25, 0.3) is 5.92 Å². The zero-order valence-corrected chi connectivity index (χ0v) is 13.7. The lowest BCUT2D eigenvalue weighted by Crippen LogP contribution is -2.44. The van der Waals surface area contributed by atoms with Crippen LogP contribution >= 0.6 is 23.2 Å². The first-order valence-corrected chi connectivity index (χ1v) is 7.55. The van der Waals surface area contributed by atoms with Crippen molar-refractivity contribution in [1.82, 2.24) is 10.2 Å². The minimum absolute atomic E-state index is 0.261. The Hall–Kier alpha value is -1.44. The van der Waals surface area contributed by atoms with Gasteiger partial charge in [0.05, 0.1) is 29.2 Å². The summed E-state index contributed by atoms with van der Waals surface area (Å²) in [4.78, 5) is 25.1. The molecule has 1 fully saturated rings. The summed E-state index contributed by atoms with van der Waals surface area (Å²) >= 11 is 11.6. The van der Waals surface area contributed by atoms with Crippen molar-refractivity contribution < 1.29 is 18.4 Å². The molecule has 5 nitrogen and oxygen atoms in total. The molecule has 2 N–H and O–H groups in total. The molecule has 1 atom stereocenters. The highest BCUT2D eigenvalue weighted by molar-refractivity contribution is 6.42. The van der Waals surface area contributed by atoms with Crippen LogP contribution in [0.4, 0.5) is 14.5 Å². The van der Waals surface area contributed by atoms with Crippen LogP contribution in [0.2, 0.25) is 10.0 Å². The van der Waals surface area contributed by atoms with Gasteiger partial charge < -0.3 is 10.2 Å². The Labute approximate surface area is 141 Å². The number of anilines is 1. The fourth-order valence-electron chi connectivity index (χ4n) is 2.22. The molecule has 9 heteroatoms. The third-order valence-corrected chi connectivity index (χ3v) is 4.11. The summed E-state index contributed by atoms with van der Waals surface area (Å²) in [6.45, 7) is -0.796. The first-order valence-electron chi connectivity index (χ1n) is 6.79. The highest BCUT2D eigenvalue weighted by Gasteiger charge is 2.43. The van der Waals surface area contributed by atoms with Gasteiger partial charge in [-0.05, 0) is 18.2 Å². The molecule has 1 unspecified atom stereocenters. The normalized spacial score (nSPS) is 19.4. The summed E-state index contributed by atoms with van der Waals surface area (Å²) in [7, 11) is 1.38. The van der Waals surface area contributed by atoms with Crippen LogP contribution < -0.4 is 10.6 Å². The van der Waals surface area contributed by atoms with Gasteiger partial charge in [-0.2, -0.15) is 0 Å². The van der Waals surface area contributed by atoms with E-state index in [9.17, 15) is 18.4 Å². The van der Waals surface area contributed by atoms with Crippen LogP contribution in [0.5, 0.6) is 0 Å². The van der Waals surface area contributed by atoms with Crippen molar-refractivity contribution in [3.05, 3.63) is 28.2 Å². The monoisotopic (exact) mass is 365 g/mol. The van der Waals surface area contributed by atoms with E-state index < -0.39 is 36.7 Å². The van der Waals surface area contributed by atoms with E-state index in [1.165, 1.54) is 19.2 Å². The number of rotatable bonds is 4. The summed E-state index contributed by atoms with van der Waals surface area (Å²) < 4.78 is 26.2. The molecule has 1 heterocycles. The molecule has 1 aliphatic heterocycles. The summed E-state index contributed by atoms with van der Waals surface area (Å²) in [5, 5.41) is 5.65. The van der Waals surface area contributed by atoms with Gasteiger partial charge in [-0.3, -0.25) is 14.9 Å². The topological polar surface area (TPSA) is 61.4 Å². The number of halogens is 4. The predicted octanol–water partition coefficient (Wildman–Crippen LogP) is 2.39. The highest BCUT2D eigenvalue weighted by atomic mass is 35.5. The van der Waals surface area contributed by atoms with Gasteiger partial charge in [-0.1, -0.05) is 23.2 Å². The number of nitrogens with zero attached hydrogens (tertiary/aromatic N) is 1. The van der Waals surface area contributed by atoms with Gasteiger partial charge in [-0.25, -0.2) is 8.78 Å². The van der Waals surface area contributed by atoms with Crippen LogP contribution in [0, 0.1) is 0 Å². The molecule has 1 aromatic carbocycles. The number of hydrogen-bond donors (Lipinski definition) is 2. The second kappa shape index (κ2) is 6.98. The molecule has 0 spiro atoms. The van der Waals surface area contributed by atoms with E-state index in [0.717, 1.165) is 4.90 Å². The number of alkyl halides is 2. The van der Waals surface area contributed by atoms with Crippen LogP contribution in [0.25, 0.3) is 0 Å². The molecule has 1 saturated heterocycles. The van der Waals surface area contributed by atoms with Gasteiger partial charge in [0, 0.05) is 19.2 Å². The Kier molecular flexibility index (Phi) is 5.44. The highest BCUT2D eigenvalue weighted by Crippen LogP contribution is 2.26. The first-order chi connectivity index (χ1) is 10.7. The summed E-state index contributed by atoms with van der Waals surface area (Å²) in [5.74, 6) is -3.92. The van der Waals surface area contributed by atoms with Crippen molar-refractivity contribution in [2.75, 3.05) is 25.5 Å². The maximum Gasteiger partial charge on any atom is 0.262 e. The Morgan fingerprint density at radius 3 is 2.65 bits per heavy atom. The second-order valence-corrected chi connectivity index (χ2v) is 6.18. The van der Waals surface area contributed by atoms with E-state index in [4.69, 9.17) is 23.2 Å². The van der Waals surface area contributed by atoms with Crippen molar-refractivity contribution in [2.24, 2.45) is 0 Å². The molecular weight excluding hydrogens is 351 g/mol. The standard InChI is InChI=1S/C14H15Cl2F2N3O2/c1-21(13(23)11-5-14(17,18)7-19-11)6-12(22)20-8-2-3-9(15)10(16)4-8/h2-4,11,19H,5-7H2,1H3,(H,20,22). The maximum atomic E-state index is 13.1. The molecule has 0 aliphatic carbocycles. The minimum Gasteiger partial charge on any atom is -0.335 e. The van der Waals surface area contributed by atoms with E-state index in [0.29, 0.717) is 10.7 Å². The average Bonchev–Trinajstić information content (AvgIpc) is 2.82. The first kappa shape index (κ1) is 17.9. The lowest BCUT2D eigenvalue weighted by Gasteiger charge is -2.20. The molecule has 0 radical (unpaired) electrons. The van der Waals surface area contributed by atoms with Crippen LogP contribution in [-0.2, 0) is 9.59 Å². The van der Waals surface area contributed by atoms with E-state index in [-0.39, 0.29) is 11.6 Å². The molecule has 0 aromatic heterocycles. The Morgan fingerprint density at radius 2 is 2.09 bits per heavy atom. The number of likely N-dealkylation sites (N-methyl/N-ethyl adjacent to an activating group) is 1. The molecule has 2 rings (SSSR count). The van der Waals surface area contributed by atoms with E-state index >= 15 is 0 Å². The van der Waals surface area contributed by atoms with Crippen molar-refractivity contribution in [1.29, 1.82) is 0 Å². The number of amides is 2. The van der Waals surface area contributed by atoms with Crippen molar-refractivity contribution >= 4 is 40.7 Å². The lowest BCUT2D eigenvalue weighted by atomic mass is 10.1. The predicted molar refractivity (Wildman–Crippen MR) is 84.1 cm³/mol. The van der Waals surface area contributed by atoms with Gasteiger partial charge in [-0.15, -0.1) is 0 Å². The van der Waals surface area contributed by atoms with Crippen LogP contribution in [0.15, 0.2) is 18.2 Å². The molecular formula is C14H15Cl2F2N3O2. The van der Waals surface area contributed by atoms with Gasteiger partial charge in [0.2, 0.25) is 11.8 Å². The van der Waals surface area contributed by atoms with Crippen LogP contribution in [0.3, 0.4) is 0 Å². The number of nitrogens with one attached hydrogen (secondary N) is 2. The molecule has 23 heavy (non-hydrogen) atoms. The van der Waals surface area contributed by atoms with E-state index in [2.05, 4.69) is 10.6 Å². The van der Waals surface area contributed by atoms with E-state index in [1.807, 2.05) is 0 Å². The van der Waals surface area contributed by atoms with Crippen LogP contribution in [-0.4, -0.2) is 48.8 Å². The van der Waals surface area contributed by atoms with Gasteiger partial charge in [0.15, 0.2) is 0 Å². The molecule has 0 saturated carbocycles. The second-order valence-electron chi connectivity index (χ2n) is 5.36. The molecule has 0 bridgehead atoms. The Bertz CT molecular complexity index is 628. The fraction of sp³-hybridized carbons (Fsp3) is 0.429. The zero-order chi connectivity index (χ0) is 17.2.